The molecule has 0 saturated carbocycles. The fourth-order valence-electron chi connectivity index (χ4n) is 3.60. The Kier molecular flexibility index (Phi) is 7.51. The molecule has 2 amide bonds. The molecule has 2 aliphatic rings. The van der Waals surface area contributed by atoms with E-state index < -0.39 is 47.2 Å². The van der Waals surface area contributed by atoms with Crippen molar-refractivity contribution >= 4 is 41.2 Å². The van der Waals surface area contributed by atoms with Gasteiger partial charge in [0.15, 0.2) is 11.3 Å². The number of hydrogen-bond acceptors (Lipinski definition) is 10. The highest BCUT2D eigenvalue weighted by atomic mass is 16.3. The minimum Gasteiger partial charge on any atom is -0.452 e. The number of anilines is 1. The molecule has 0 spiro atoms. The predicted molar refractivity (Wildman–Crippen MR) is 129 cm³/mol. The first kappa shape index (κ1) is 26.4. The zero-order valence-corrected chi connectivity index (χ0v) is 20.0. The zero-order chi connectivity index (χ0) is 26.9. The normalized spacial score (nSPS) is 14.6. The molecule has 12 nitrogen and oxygen atoms in total. The standard InChI is InChI=1S/C24H26N4O8/c1-9-5-6-13(23(34)26-14(7-29)11(3)31)18-21(9)36-22-10(2)20(33)17(25)16(19(22)28-18)24(35)27-15(8-30)12(4)32/h5-8,11-12,14-15,31-32H,25H2,1-4H3,(H,26,34)(H,27,35)/t11-,12-,14-,15-/m1/s1. The van der Waals surface area contributed by atoms with Gasteiger partial charge in [0.1, 0.15) is 35.9 Å². The van der Waals surface area contributed by atoms with Gasteiger partial charge in [0.25, 0.3) is 11.8 Å². The Morgan fingerprint density at radius 2 is 1.58 bits per heavy atom. The molecule has 1 aliphatic heterocycles. The zero-order valence-electron chi connectivity index (χ0n) is 20.0. The Labute approximate surface area is 204 Å². The van der Waals surface area contributed by atoms with Crippen LogP contribution in [0.5, 0.6) is 0 Å². The van der Waals surface area contributed by atoms with Crippen LogP contribution in [0.4, 0.5) is 5.69 Å². The summed E-state index contributed by atoms with van der Waals surface area (Å²) in [6.45, 7) is 5.75. The highest BCUT2D eigenvalue weighted by Crippen LogP contribution is 2.34. The molecule has 0 saturated heterocycles. The van der Waals surface area contributed by atoms with Gasteiger partial charge in [0.2, 0.25) is 5.43 Å². The molecular formula is C24H26N4O8. The average molecular weight is 498 g/mol. The van der Waals surface area contributed by atoms with Crippen molar-refractivity contribution in [2.45, 2.75) is 52.0 Å². The molecular weight excluding hydrogens is 472 g/mol. The summed E-state index contributed by atoms with van der Waals surface area (Å²) in [5, 5.41) is 24.1. The van der Waals surface area contributed by atoms with E-state index >= 15 is 0 Å². The Hall–Kier alpha value is -4.16. The maximum atomic E-state index is 13.1. The number of nitrogen functional groups attached to an aromatic ring is 1. The number of benzene rings is 2. The summed E-state index contributed by atoms with van der Waals surface area (Å²) in [6, 6.07) is 0.528. The number of hydrogen-bond donors (Lipinski definition) is 5. The lowest BCUT2D eigenvalue weighted by molar-refractivity contribution is -0.112. The number of aliphatic hydroxyl groups excluding tert-OH is 2. The lowest BCUT2D eigenvalue weighted by atomic mass is 9.99. The third kappa shape index (κ3) is 4.68. The third-order valence-corrected chi connectivity index (χ3v) is 5.80. The minimum atomic E-state index is -1.29. The summed E-state index contributed by atoms with van der Waals surface area (Å²) >= 11 is 0. The second-order valence-electron chi connectivity index (χ2n) is 8.49. The van der Waals surface area contributed by atoms with Crippen molar-refractivity contribution in [2.75, 3.05) is 5.73 Å². The van der Waals surface area contributed by atoms with Crippen LogP contribution in [0.3, 0.4) is 0 Å². The van der Waals surface area contributed by atoms with Crippen molar-refractivity contribution in [3.05, 3.63) is 44.6 Å². The van der Waals surface area contributed by atoms with Crippen molar-refractivity contribution < 1.29 is 33.8 Å². The summed E-state index contributed by atoms with van der Waals surface area (Å²) < 4.78 is 5.97. The molecule has 0 fully saturated rings. The molecule has 3 rings (SSSR count). The summed E-state index contributed by atoms with van der Waals surface area (Å²) in [5.41, 5.74) is 5.05. The number of carbonyl (C=O) groups excluding carboxylic acids is 4. The van der Waals surface area contributed by atoms with Crippen LogP contribution in [-0.2, 0) is 9.59 Å². The number of aromatic nitrogens is 1. The van der Waals surface area contributed by atoms with E-state index in [1.54, 1.807) is 13.0 Å². The van der Waals surface area contributed by atoms with Gasteiger partial charge in [-0.15, -0.1) is 0 Å². The number of aryl methyl sites for hydroxylation is 1. The number of fused-ring (bicyclic) bond motifs is 2. The van der Waals surface area contributed by atoms with Gasteiger partial charge in [-0.25, -0.2) is 4.98 Å². The number of carbonyl (C=O) groups is 4. The first-order valence-electron chi connectivity index (χ1n) is 11.0. The molecule has 0 unspecified atom stereocenters. The van der Waals surface area contributed by atoms with Gasteiger partial charge >= 0.3 is 0 Å². The SMILES string of the molecule is Cc1c2oc3c(C)ccc(C(=O)N[C@H](C=O)[C@@H](C)O)c3nc-2c(C(=O)N[C@H](C=O)[C@@H](C)O)c(N)c1=O. The highest BCUT2D eigenvalue weighted by molar-refractivity contribution is 6.09. The number of nitrogens with one attached hydrogen (secondary N) is 2. The Bertz CT molecular complexity index is 1400. The van der Waals surface area contributed by atoms with Crippen LogP contribution in [0.15, 0.2) is 21.3 Å². The van der Waals surface area contributed by atoms with Gasteiger partial charge in [-0.3, -0.25) is 14.4 Å². The average Bonchev–Trinajstić information content (AvgIpc) is 2.83. The molecule has 12 heteroatoms. The second-order valence-corrected chi connectivity index (χ2v) is 8.49. The maximum absolute atomic E-state index is 13.1. The third-order valence-electron chi connectivity index (χ3n) is 5.80. The van der Waals surface area contributed by atoms with E-state index in [4.69, 9.17) is 10.2 Å². The van der Waals surface area contributed by atoms with Crippen LogP contribution in [0.2, 0.25) is 0 Å². The molecule has 190 valence electrons. The summed E-state index contributed by atoms with van der Waals surface area (Å²) in [4.78, 5) is 65.8. The van der Waals surface area contributed by atoms with E-state index in [1.165, 1.54) is 26.8 Å². The molecule has 1 aliphatic carbocycles. The Morgan fingerprint density at radius 3 is 2.11 bits per heavy atom. The first-order chi connectivity index (χ1) is 16.9. The lowest BCUT2D eigenvalue weighted by Gasteiger charge is -2.20. The van der Waals surface area contributed by atoms with E-state index in [1.807, 2.05) is 0 Å². The van der Waals surface area contributed by atoms with Crippen LogP contribution >= 0.6 is 0 Å². The van der Waals surface area contributed by atoms with Crippen LogP contribution in [0, 0.1) is 13.8 Å². The van der Waals surface area contributed by atoms with Gasteiger partial charge in [-0.05, 0) is 39.3 Å². The predicted octanol–water partition coefficient (Wildman–Crippen LogP) is -0.152. The van der Waals surface area contributed by atoms with Crippen molar-refractivity contribution in [2.24, 2.45) is 0 Å². The lowest BCUT2D eigenvalue weighted by Crippen LogP contribution is -2.44. The number of nitrogens with zero attached hydrogens (tertiary/aromatic N) is 1. The smallest absolute Gasteiger partial charge is 0.256 e. The summed E-state index contributed by atoms with van der Waals surface area (Å²) in [6.07, 6.45) is -1.67. The fraction of sp³-hybridized carbons (Fsp3) is 0.333. The van der Waals surface area contributed by atoms with Crippen molar-refractivity contribution in [3.63, 3.8) is 0 Å². The van der Waals surface area contributed by atoms with Crippen LogP contribution < -0.4 is 21.8 Å². The monoisotopic (exact) mass is 498 g/mol. The largest absolute Gasteiger partial charge is 0.452 e. The second kappa shape index (κ2) is 10.2. The number of amides is 2. The van der Waals surface area contributed by atoms with E-state index in [0.29, 0.717) is 18.1 Å². The van der Waals surface area contributed by atoms with Gasteiger partial charge in [0.05, 0.1) is 29.0 Å². The van der Waals surface area contributed by atoms with Gasteiger partial charge < -0.3 is 40.6 Å². The first-order valence-corrected chi connectivity index (χ1v) is 11.0. The van der Waals surface area contributed by atoms with Crippen molar-refractivity contribution in [1.82, 2.24) is 15.6 Å². The molecule has 6 N–H and O–H groups in total. The van der Waals surface area contributed by atoms with Crippen LogP contribution in [-0.4, -0.2) is 63.9 Å². The molecule has 4 atom stereocenters. The summed E-state index contributed by atoms with van der Waals surface area (Å²) in [5.74, 6) is -1.75. The van der Waals surface area contributed by atoms with Crippen LogP contribution in [0.25, 0.3) is 22.6 Å². The highest BCUT2D eigenvalue weighted by Gasteiger charge is 2.31. The van der Waals surface area contributed by atoms with Gasteiger partial charge in [-0.2, -0.15) is 0 Å². The molecule has 36 heavy (non-hydrogen) atoms. The molecule has 0 bridgehead atoms. The Balaban J connectivity index is 2.32. The van der Waals surface area contributed by atoms with Gasteiger partial charge in [-0.1, -0.05) is 6.07 Å². The Morgan fingerprint density at radius 1 is 1.03 bits per heavy atom. The van der Waals surface area contributed by atoms with E-state index in [-0.39, 0.29) is 39.2 Å². The molecule has 1 heterocycles. The van der Waals surface area contributed by atoms with E-state index in [9.17, 15) is 34.2 Å². The molecule has 1 aromatic carbocycles. The molecule has 0 aromatic heterocycles. The van der Waals surface area contributed by atoms with Crippen molar-refractivity contribution in [1.29, 1.82) is 0 Å². The van der Waals surface area contributed by atoms with E-state index in [2.05, 4.69) is 15.6 Å². The number of aliphatic hydroxyl groups is 2. The summed E-state index contributed by atoms with van der Waals surface area (Å²) in [7, 11) is 0. The van der Waals surface area contributed by atoms with Crippen LogP contribution in [0.1, 0.15) is 45.7 Å². The van der Waals surface area contributed by atoms with E-state index in [0.717, 1.165) is 0 Å². The number of rotatable bonds is 8. The van der Waals surface area contributed by atoms with Gasteiger partial charge in [0, 0.05) is 5.56 Å². The number of aldehydes is 2. The topological polar surface area (TPSA) is 202 Å². The fourth-order valence-corrected chi connectivity index (χ4v) is 3.60. The quantitative estimate of drug-likeness (QED) is 0.158. The molecule has 1 aromatic rings. The van der Waals surface area contributed by atoms with Crippen molar-refractivity contribution in [3.8, 4) is 11.5 Å². The maximum Gasteiger partial charge on any atom is 0.256 e. The molecule has 0 radical (unpaired) electrons. The minimum absolute atomic E-state index is 0.00389. The number of nitrogens with two attached hydrogens (primary N) is 1.